The van der Waals surface area contributed by atoms with Crippen LogP contribution in [-0.2, 0) is 17.4 Å². The first-order chi connectivity index (χ1) is 10.6. The van der Waals surface area contributed by atoms with Gasteiger partial charge in [0.15, 0.2) is 0 Å². The lowest BCUT2D eigenvalue weighted by atomic mass is 9.88. The first kappa shape index (κ1) is 17.5. The van der Waals surface area contributed by atoms with Gasteiger partial charge in [-0.05, 0) is 24.5 Å². The van der Waals surface area contributed by atoms with Gasteiger partial charge in [-0.2, -0.15) is 13.2 Å². The van der Waals surface area contributed by atoms with E-state index in [4.69, 9.17) is 0 Å². The van der Waals surface area contributed by atoms with Crippen molar-refractivity contribution in [2.45, 2.75) is 32.9 Å². The fourth-order valence-electron chi connectivity index (χ4n) is 2.15. The van der Waals surface area contributed by atoms with Crippen molar-refractivity contribution in [3.05, 3.63) is 46.2 Å². The molecule has 1 heterocycles. The van der Waals surface area contributed by atoms with Crippen LogP contribution in [0.1, 0.15) is 30.0 Å². The van der Waals surface area contributed by atoms with Crippen LogP contribution in [0, 0.1) is 5.41 Å². The van der Waals surface area contributed by atoms with Crippen molar-refractivity contribution in [1.82, 2.24) is 0 Å². The quantitative estimate of drug-likeness (QED) is 0.820. The highest BCUT2D eigenvalue weighted by atomic mass is 32.1. The van der Waals surface area contributed by atoms with E-state index in [1.54, 1.807) is 30.3 Å². The highest BCUT2D eigenvalue weighted by Gasteiger charge is 2.36. The highest BCUT2D eigenvalue weighted by molar-refractivity contribution is 7.12. The Morgan fingerprint density at radius 1 is 1.17 bits per heavy atom. The van der Waals surface area contributed by atoms with Crippen molar-refractivity contribution in [3.8, 4) is 11.1 Å². The molecule has 0 amide bonds. The number of carbonyl (C=O) groups excluding carboxylic acids is 1. The molecule has 0 spiro atoms. The standard InChI is InChI=1S/C17H17F3O2S/c1-16(2,15(21)22)9-8-12-10-13(11-6-4-3-5-7-11)14(23-12)17(18,19)20/h3-7,10H,8-9H2,1-2H3,(H,21,22)/p-1. The lowest BCUT2D eigenvalue weighted by Gasteiger charge is -2.25. The second-order valence-electron chi connectivity index (χ2n) is 5.99. The molecule has 2 rings (SSSR count). The number of hydrogen-bond donors (Lipinski definition) is 0. The molecule has 0 N–H and O–H groups in total. The van der Waals surface area contributed by atoms with Crippen LogP contribution in [0.5, 0.6) is 0 Å². The van der Waals surface area contributed by atoms with Crippen LogP contribution in [0.15, 0.2) is 36.4 Å². The molecule has 2 aromatic rings. The summed E-state index contributed by atoms with van der Waals surface area (Å²) in [6, 6.07) is 9.89. The van der Waals surface area contributed by atoms with Crippen molar-refractivity contribution >= 4 is 17.3 Å². The highest BCUT2D eigenvalue weighted by Crippen LogP contribution is 2.43. The predicted molar refractivity (Wildman–Crippen MR) is 81.9 cm³/mol. The first-order valence-electron chi connectivity index (χ1n) is 7.08. The normalized spacial score (nSPS) is 12.4. The van der Waals surface area contributed by atoms with Crippen LogP contribution >= 0.6 is 11.3 Å². The number of aryl methyl sites for hydroxylation is 1. The molecule has 0 saturated carbocycles. The molecule has 0 bridgehead atoms. The molecule has 0 aliphatic carbocycles. The van der Waals surface area contributed by atoms with Gasteiger partial charge in [-0.1, -0.05) is 44.2 Å². The smallest absolute Gasteiger partial charge is 0.426 e. The fourth-order valence-corrected chi connectivity index (χ4v) is 3.19. The van der Waals surface area contributed by atoms with Crippen LogP contribution in [0.2, 0.25) is 0 Å². The van der Waals surface area contributed by atoms with Gasteiger partial charge in [0.1, 0.15) is 4.88 Å². The molecule has 2 nitrogen and oxygen atoms in total. The van der Waals surface area contributed by atoms with Gasteiger partial charge in [0, 0.05) is 21.8 Å². The summed E-state index contributed by atoms with van der Waals surface area (Å²) >= 11 is 0.675. The van der Waals surface area contributed by atoms with Gasteiger partial charge in [-0.3, -0.25) is 0 Å². The number of carboxylic acids is 1. The largest absolute Gasteiger partial charge is 0.550 e. The third-order valence-electron chi connectivity index (χ3n) is 3.67. The number of thiophene rings is 1. The van der Waals surface area contributed by atoms with E-state index in [1.807, 2.05) is 0 Å². The summed E-state index contributed by atoms with van der Waals surface area (Å²) in [5.74, 6) is -1.20. The number of benzene rings is 1. The average molecular weight is 341 g/mol. The minimum absolute atomic E-state index is 0.143. The summed E-state index contributed by atoms with van der Waals surface area (Å²) in [6.07, 6.45) is -3.94. The zero-order chi connectivity index (χ0) is 17.3. The molecule has 6 heteroatoms. The molecule has 0 atom stereocenters. The van der Waals surface area contributed by atoms with E-state index < -0.39 is 22.4 Å². The molecule has 1 aromatic carbocycles. The van der Waals surface area contributed by atoms with E-state index in [9.17, 15) is 23.1 Å². The van der Waals surface area contributed by atoms with E-state index in [1.165, 1.54) is 19.9 Å². The minimum atomic E-state index is -4.43. The summed E-state index contributed by atoms with van der Waals surface area (Å²) in [4.78, 5) is 10.9. The number of halogens is 3. The summed E-state index contributed by atoms with van der Waals surface area (Å²) < 4.78 is 39.8. The maximum Gasteiger partial charge on any atom is 0.426 e. The third kappa shape index (κ3) is 4.13. The van der Waals surface area contributed by atoms with Gasteiger partial charge in [0.2, 0.25) is 0 Å². The second-order valence-corrected chi connectivity index (χ2v) is 7.13. The van der Waals surface area contributed by atoms with Crippen LogP contribution < -0.4 is 5.11 Å². The second kappa shape index (κ2) is 6.35. The third-order valence-corrected chi connectivity index (χ3v) is 4.91. The van der Waals surface area contributed by atoms with Gasteiger partial charge in [0.25, 0.3) is 0 Å². The number of rotatable bonds is 5. The fraction of sp³-hybridized carbons (Fsp3) is 0.353. The summed E-state index contributed by atoms with van der Waals surface area (Å²) in [6.45, 7) is 3.03. The Morgan fingerprint density at radius 3 is 2.30 bits per heavy atom. The van der Waals surface area contributed by atoms with Crippen molar-refractivity contribution in [2.24, 2.45) is 5.41 Å². The maximum absolute atomic E-state index is 13.3. The van der Waals surface area contributed by atoms with Crippen LogP contribution in [0.25, 0.3) is 11.1 Å². The zero-order valence-corrected chi connectivity index (χ0v) is 13.6. The van der Waals surface area contributed by atoms with Gasteiger partial charge >= 0.3 is 6.18 Å². The molecule has 23 heavy (non-hydrogen) atoms. The minimum Gasteiger partial charge on any atom is -0.550 e. The Labute approximate surface area is 136 Å². The average Bonchev–Trinajstić information content (AvgIpc) is 2.90. The van der Waals surface area contributed by atoms with E-state index in [-0.39, 0.29) is 18.4 Å². The van der Waals surface area contributed by atoms with E-state index in [0.717, 1.165) is 0 Å². The number of carbonyl (C=O) groups is 1. The van der Waals surface area contributed by atoms with Crippen molar-refractivity contribution < 1.29 is 23.1 Å². The van der Waals surface area contributed by atoms with Gasteiger partial charge in [-0.25, -0.2) is 0 Å². The molecule has 124 valence electrons. The maximum atomic E-state index is 13.3. The monoisotopic (exact) mass is 341 g/mol. The summed E-state index contributed by atoms with van der Waals surface area (Å²) in [5.41, 5.74) is -0.430. The number of alkyl halides is 3. The Balaban J connectivity index is 2.34. The molecule has 0 unspecified atom stereocenters. The number of carboxylic acid groups (broad SMARTS) is 1. The van der Waals surface area contributed by atoms with Gasteiger partial charge in [-0.15, -0.1) is 11.3 Å². The Bertz CT molecular complexity index is 688. The molecular formula is C17H16F3O2S-. The van der Waals surface area contributed by atoms with E-state index in [2.05, 4.69) is 0 Å². The van der Waals surface area contributed by atoms with E-state index >= 15 is 0 Å². The molecular weight excluding hydrogens is 325 g/mol. The zero-order valence-electron chi connectivity index (χ0n) is 12.7. The Kier molecular flexibility index (Phi) is 4.84. The number of hydrogen-bond acceptors (Lipinski definition) is 3. The van der Waals surface area contributed by atoms with Gasteiger partial charge in [0.05, 0.1) is 0 Å². The molecule has 0 aliphatic rings. The SMILES string of the molecule is CC(C)(CCc1cc(-c2ccccc2)c(C(F)(F)F)s1)C(=O)[O-]. The Hall–Kier alpha value is -1.82. The van der Waals surface area contributed by atoms with E-state index in [0.29, 0.717) is 21.8 Å². The number of aliphatic carboxylic acids is 1. The van der Waals surface area contributed by atoms with Gasteiger partial charge < -0.3 is 9.90 Å². The molecule has 0 aliphatic heterocycles. The van der Waals surface area contributed by atoms with Crippen LogP contribution in [-0.4, -0.2) is 5.97 Å². The summed E-state index contributed by atoms with van der Waals surface area (Å²) in [7, 11) is 0. The van der Waals surface area contributed by atoms with Crippen molar-refractivity contribution in [1.29, 1.82) is 0 Å². The summed E-state index contributed by atoms with van der Waals surface area (Å²) in [5, 5.41) is 11.0. The molecule has 0 radical (unpaired) electrons. The molecule has 0 fully saturated rings. The van der Waals surface area contributed by atoms with Crippen LogP contribution in [0.3, 0.4) is 0 Å². The van der Waals surface area contributed by atoms with Crippen molar-refractivity contribution in [3.63, 3.8) is 0 Å². The van der Waals surface area contributed by atoms with Crippen LogP contribution in [0.4, 0.5) is 13.2 Å². The Morgan fingerprint density at radius 2 is 1.78 bits per heavy atom. The topological polar surface area (TPSA) is 40.1 Å². The molecule has 1 aromatic heterocycles. The van der Waals surface area contributed by atoms with Crippen molar-refractivity contribution in [2.75, 3.05) is 0 Å². The molecule has 0 saturated heterocycles. The predicted octanol–water partition coefficient (Wildman–Crippen LogP) is 4.14. The first-order valence-corrected chi connectivity index (χ1v) is 7.90. The lowest BCUT2D eigenvalue weighted by molar-refractivity contribution is -0.317. The lowest BCUT2D eigenvalue weighted by Crippen LogP contribution is -2.38.